The lowest BCUT2D eigenvalue weighted by molar-refractivity contribution is -0.122. The lowest BCUT2D eigenvalue weighted by atomic mass is 9.81. The highest BCUT2D eigenvalue weighted by molar-refractivity contribution is 7.95. The van der Waals surface area contributed by atoms with E-state index < -0.39 is 25.4 Å². The second-order valence-corrected chi connectivity index (χ2v) is 11.4. The van der Waals surface area contributed by atoms with E-state index in [0.717, 1.165) is 0 Å². The number of hydrogen-bond donors (Lipinski definition) is 0. The van der Waals surface area contributed by atoms with Crippen LogP contribution in [0.5, 0.6) is 0 Å². The van der Waals surface area contributed by atoms with Gasteiger partial charge in [-0.25, -0.2) is 8.42 Å². The van der Waals surface area contributed by atoms with Gasteiger partial charge >= 0.3 is 0 Å². The lowest BCUT2D eigenvalue weighted by Crippen LogP contribution is -2.26. The van der Waals surface area contributed by atoms with Gasteiger partial charge in [0.05, 0.1) is 10.5 Å². The van der Waals surface area contributed by atoms with E-state index in [1.54, 1.807) is 59.0 Å². The first-order valence-corrected chi connectivity index (χ1v) is 10.4. The van der Waals surface area contributed by atoms with Crippen molar-refractivity contribution in [2.75, 3.05) is 0 Å². The zero-order valence-electron chi connectivity index (χ0n) is 17.5. The molecule has 6 heteroatoms. The molecule has 0 spiro atoms. The van der Waals surface area contributed by atoms with Gasteiger partial charge in [-0.05, 0) is 45.8 Å². The summed E-state index contributed by atoms with van der Waals surface area (Å²) in [5.74, 6) is -0.0894. The van der Waals surface area contributed by atoms with Gasteiger partial charge in [-0.3, -0.25) is 4.79 Å². The van der Waals surface area contributed by atoms with Crippen molar-refractivity contribution < 1.29 is 13.2 Å². The minimum atomic E-state index is -3.36. The molecule has 5 nitrogen and oxygen atoms in total. The number of aliphatic imine (C=N–C) groups is 1. The Balaban J connectivity index is 5.09. The van der Waals surface area contributed by atoms with Gasteiger partial charge in [-0.2, -0.15) is 10.3 Å². The van der Waals surface area contributed by atoms with Crippen molar-refractivity contribution in [1.82, 2.24) is 0 Å². The second-order valence-electron chi connectivity index (χ2n) is 8.77. The van der Waals surface area contributed by atoms with Crippen molar-refractivity contribution in [3.63, 3.8) is 0 Å². The molecule has 0 saturated carbocycles. The van der Waals surface area contributed by atoms with Gasteiger partial charge < -0.3 is 0 Å². The molecule has 0 fully saturated rings. The minimum Gasteiger partial charge on any atom is -0.294 e. The van der Waals surface area contributed by atoms with Crippen molar-refractivity contribution in [1.29, 1.82) is 5.26 Å². The molecule has 0 atom stereocenters. The monoisotopic (exact) mass is 392 g/mol. The number of allylic oxidation sites excluding steroid dienone is 4. The maximum absolute atomic E-state index is 12.5. The standard InChI is InChI=1S/C21H32N2O3S/c1-9-17(23-16-22)20(5,6)13-10-12-18(24)21(7,8)14-11-15-27(25,26)19(2,3)4/h9-12,15H,1,13-14H2,2-8H3/b12-10+,15-11+,23-17?. The highest BCUT2D eigenvalue weighted by Gasteiger charge is 2.28. The maximum atomic E-state index is 12.5. The summed E-state index contributed by atoms with van der Waals surface area (Å²) in [5.41, 5.74) is -0.567. The fraction of sp³-hybridized carbons (Fsp3) is 0.571. The van der Waals surface area contributed by atoms with E-state index in [0.29, 0.717) is 18.6 Å². The van der Waals surface area contributed by atoms with Crippen LogP contribution in [0.15, 0.2) is 41.3 Å². The normalized spacial score (nSPS) is 14.5. The SMILES string of the molecule is C=CC(=NC#N)C(C)(C)C/C=C/C(=O)C(C)(C)C/C=C/S(=O)(=O)C(C)(C)C. The predicted octanol–water partition coefficient (Wildman–Crippen LogP) is 4.78. The number of ketones is 1. The molecule has 0 radical (unpaired) electrons. The first kappa shape index (κ1) is 25.0. The largest absolute Gasteiger partial charge is 0.294 e. The van der Waals surface area contributed by atoms with Crippen LogP contribution in [0.4, 0.5) is 0 Å². The van der Waals surface area contributed by atoms with Gasteiger partial charge in [0.25, 0.3) is 0 Å². The molecule has 0 rings (SSSR count). The molecule has 0 saturated heterocycles. The van der Waals surface area contributed by atoms with E-state index >= 15 is 0 Å². The Labute approximate surface area is 164 Å². The predicted molar refractivity (Wildman–Crippen MR) is 112 cm³/mol. The molecule has 0 aliphatic heterocycles. The number of nitriles is 1. The highest BCUT2D eigenvalue weighted by Crippen LogP contribution is 2.27. The summed E-state index contributed by atoms with van der Waals surface area (Å²) >= 11 is 0. The lowest BCUT2D eigenvalue weighted by Gasteiger charge is -2.23. The number of carbonyl (C=O) groups is 1. The van der Waals surface area contributed by atoms with Gasteiger partial charge in [0.15, 0.2) is 15.6 Å². The van der Waals surface area contributed by atoms with Crippen molar-refractivity contribution in [3.05, 3.63) is 36.3 Å². The van der Waals surface area contributed by atoms with Crippen LogP contribution in [0.2, 0.25) is 0 Å². The van der Waals surface area contributed by atoms with E-state index in [4.69, 9.17) is 5.26 Å². The van der Waals surface area contributed by atoms with Crippen molar-refractivity contribution in [2.24, 2.45) is 15.8 Å². The van der Waals surface area contributed by atoms with Crippen LogP contribution in [0.3, 0.4) is 0 Å². The molecule has 0 aromatic carbocycles. The summed E-state index contributed by atoms with van der Waals surface area (Å²) in [4.78, 5) is 16.3. The maximum Gasteiger partial charge on any atom is 0.205 e. The molecule has 0 bridgehead atoms. The molecule has 0 aromatic heterocycles. The number of hydrogen-bond acceptors (Lipinski definition) is 5. The molecule has 0 heterocycles. The fourth-order valence-corrected chi connectivity index (χ4v) is 2.85. The summed E-state index contributed by atoms with van der Waals surface area (Å²) in [6, 6.07) is 0. The van der Waals surface area contributed by atoms with Crippen LogP contribution >= 0.6 is 0 Å². The third kappa shape index (κ3) is 7.64. The molecule has 0 aliphatic rings. The Kier molecular flexibility index (Phi) is 8.59. The third-order valence-corrected chi connectivity index (χ3v) is 6.64. The Morgan fingerprint density at radius 2 is 1.56 bits per heavy atom. The average molecular weight is 393 g/mol. The Hall–Kier alpha value is -2.00. The highest BCUT2D eigenvalue weighted by atomic mass is 32.2. The van der Waals surface area contributed by atoms with E-state index in [-0.39, 0.29) is 5.78 Å². The molecule has 150 valence electrons. The summed E-state index contributed by atoms with van der Waals surface area (Å²) < 4.78 is 23.4. The molecular formula is C21H32N2O3S. The van der Waals surface area contributed by atoms with E-state index in [2.05, 4.69) is 11.6 Å². The molecule has 0 aliphatic carbocycles. The molecule has 0 amide bonds. The van der Waals surface area contributed by atoms with Gasteiger partial charge in [0.1, 0.15) is 0 Å². The number of rotatable bonds is 9. The Morgan fingerprint density at radius 1 is 1.04 bits per heavy atom. The first-order chi connectivity index (χ1) is 12.1. The molecule has 0 aromatic rings. The topological polar surface area (TPSA) is 87.4 Å². The average Bonchev–Trinajstić information content (AvgIpc) is 2.50. The quantitative estimate of drug-likeness (QED) is 0.321. The van der Waals surface area contributed by atoms with Crippen LogP contribution in [0.1, 0.15) is 61.3 Å². The number of carbonyl (C=O) groups excluding carboxylic acids is 1. The van der Waals surface area contributed by atoms with Gasteiger partial charge in [0.2, 0.25) is 6.19 Å². The number of nitrogens with zero attached hydrogens (tertiary/aromatic N) is 2. The van der Waals surface area contributed by atoms with Gasteiger partial charge in [-0.15, -0.1) is 0 Å². The van der Waals surface area contributed by atoms with Crippen LogP contribution in [0.25, 0.3) is 0 Å². The summed E-state index contributed by atoms with van der Waals surface area (Å²) in [5, 5.41) is 9.93. The van der Waals surface area contributed by atoms with Crippen molar-refractivity contribution >= 4 is 21.3 Å². The van der Waals surface area contributed by atoms with Gasteiger partial charge in [-0.1, -0.05) is 46.4 Å². The Morgan fingerprint density at radius 3 is 2.00 bits per heavy atom. The minimum absolute atomic E-state index is 0.0894. The van der Waals surface area contributed by atoms with E-state index in [1.165, 1.54) is 11.5 Å². The van der Waals surface area contributed by atoms with E-state index in [9.17, 15) is 13.2 Å². The zero-order valence-corrected chi connectivity index (χ0v) is 18.4. The first-order valence-electron chi connectivity index (χ1n) is 8.82. The van der Waals surface area contributed by atoms with E-state index in [1.807, 2.05) is 13.8 Å². The third-order valence-electron chi connectivity index (χ3n) is 4.38. The van der Waals surface area contributed by atoms with Crippen LogP contribution in [-0.4, -0.2) is 24.7 Å². The molecule has 0 unspecified atom stereocenters. The summed E-state index contributed by atoms with van der Waals surface area (Å²) in [7, 11) is -3.36. The summed E-state index contributed by atoms with van der Waals surface area (Å²) in [6.07, 6.45) is 8.98. The smallest absolute Gasteiger partial charge is 0.205 e. The van der Waals surface area contributed by atoms with Crippen LogP contribution < -0.4 is 0 Å². The molecule has 27 heavy (non-hydrogen) atoms. The number of sulfone groups is 1. The van der Waals surface area contributed by atoms with Crippen LogP contribution in [-0.2, 0) is 14.6 Å². The molecule has 0 N–H and O–H groups in total. The zero-order chi connectivity index (χ0) is 21.5. The summed E-state index contributed by atoms with van der Waals surface area (Å²) in [6.45, 7) is 16.0. The van der Waals surface area contributed by atoms with Crippen molar-refractivity contribution in [3.8, 4) is 6.19 Å². The fourth-order valence-electron chi connectivity index (χ4n) is 2.09. The van der Waals surface area contributed by atoms with Gasteiger partial charge in [0, 0.05) is 16.2 Å². The molecular weight excluding hydrogens is 360 g/mol. The van der Waals surface area contributed by atoms with Crippen LogP contribution in [0, 0.1) is 22.3 Å². The van der Waals surface area contributed by atoms with Crippen molar-refractivity contribution in [2.45, 2.75) is 66.1 Å². The second kappa shape index (κ2) is 9.27. The Bertz CT molecular complexity index is 784.